The summed E-state index contributed by atoms with van der Waals surface area (Å²) in [5, 5.41) is 11.9. The maximum Gasteiger partial charge on any atom is 0.213 e. The van der Waals surface area contributed by atoms with E-state index in [1.165, 1.54) is 0 Å². The Hall–Kier alpha value is -0.233. The zero-order valence-electron chi connectivity index (χ0n) is 9.25. The van der Waals surface area contributed by atoms with Gasteiger partial charge in [-0.3, -0.25) is 5.32 Å². The smallest absolute Gasteiger partial charge is 0.213 e. The Morgan fingerprint density at radius 2 is 2.14 bits per heavy atom. The van der Waals surface area contributed by atoms with Crippen molar-refractivity contribution in [2.24, 2.45) is 0 Å². The normalized spacial score (nSPS) is 14.0. The molecule has 1 unspecified atom stereocenters. The van der Waals surface area contributed by atoms with Gasteiger partial charge >= 0.3 is 0 Å². The summed E-state index contributed by atoms with van der Waals surface area (Å²) in [5.41, 5.74) is 0. The van der Waals surface area contributed by atoms with Crippen LogP contribution >= 0.6 is 0 Å². The molecule has 0 aliphatic heterocycles. The average Bonchev–Trinajstić information content (AvgIpc) is 2.02. The molecule has 0 bridgehead atoms. The van der Waals surface area contributed by atoms with E-state index in [1.54, 1.807) is 0 Å². The lowest BCUT2D eigenvalue weighted by Crippen LogP contribution is -2.34. The van der Waals surface area contributed by atoms with Gasteiger partial charge in [0.2, 0.25) is 6.41 Å². The molecule has 0 heterocycles. The minimum atomic E-state index is -1.08. The molecule has 0 rings (SSSR count). The number of ether oxygens (including phenoxy) is 1. The first-order valence-electron chi connectivity index (χ1n) is 4.92. The van der Waals surface area contributed by atoms with E-state index in [1.807, 2.05) is 0 Å². The van der Waals surface area contributed by atoms with Crippen LogP contribution in [0.25, 0.3) is 0 Å². The topological polar surface area (TPSA) is 58.6 Å². The maximum absolute atomic E-state index is 9.97. The van der Waals surface area contributed by atoms with Crippen LogP contribution in [-0.4, -0.2) is 39.0 Å². The summed E-state index contributed by atoms with van der Waals surface area (Å²) in [5.74, 6) is 0. The van der Waals surface area contributed by atoms with Crippen LogP contribution in [0.1, 0.15) is 6.42 Å². The molecule has 1 atom stereocenters. The van der Waals surface area contributed by atoms with E-state index in [0.29, 0.717) is 19.6 Å². The molecule has 0 aromatic carbocycles. The van der Waals surface area contributed by atoms with Gasteiger partial charge in [-0.15, -0.1) is 0 Å². The summed E-state index contributed by atoms with van der Waals surface area (Å²) in [6.45, 7) is 7.79. The van der Waals surface area contributed by atoms with Gasteiger partial charge in [-0.05, 0) is 6.04 Å². The van der Waals surface area contributed by atoms with Crippen molar-refractivity contribution in [3.63, 3.8) is 0 Å². The van der Waals surface area contributed by atoms with Gasteiger partial charge in [0.15, 0.2) is 0 Å². The summed E-state index contributed by atoms with van der Waals surface area (Å²) in [6.07, 6.45) is 0.266. The lowest BCUT2D eigenvalue weighted by atomic mass is 10.5. The predicted octanol–water partition coefficient (Wildman–Crippen LogP) is 0.796. The summed E-state index contributed by atoms with van der Waals surface area (Å²) in [6, 6.07) is 1.03. The largest absolute Gasteiger partial charge is 0.356 e. The molecule has 5 heteroatoms. The van der Waals surface area contributed by atoms with Gasteiger partial charge in [-0.2, -0.15) is 0 Å². The van der Waals surface area contributed by atoms with Crippen LogP contribution in [0.3, 0.4) is 0 Å². The van der Waals surface area contributed by atoms with Crippen molar-refractivity contribution < 1.29 is 14.6 Å². The van der Waals surface area contributed by atoms with Gasteiger partial charge in [0.05, 0.1) is 0 Å². The van der Waals surface area contributed by atoms with E-state index in [4.69, 9.17) is 4.74 Å². The monoisotopic (exact) mass is 219 g/mol. The molecule has 0 aliphatic rings. The molecule has 0 spiro atoms. The van der Waals surface area contributed by atoms with Crippen molar-refractivity contribution in [2.75, 3.05) is 13.2 Å². The summed E-state index contributed by atoms with van der Waals surface area (Å²) in [4.78, 5) is 9.97. The quantitative estimate of drug-likeness (QED) is 0.274. The number of aldehydes is 1. The predicted molar refractivity (Wildman–Crippen MR) is 58.8 cm³/mol. The van der Waals surface area contributed by atoms with Crippen molar-refractivity contribution in [1.29, 1.82) is 0 Å². The van der Waals surface area contributed by atoms with E-state index in [9.17, 15) is 9.90 Å². The van der Waals surface area contributed by atoms with E-state index in [2.05, 4.69) is 25.0 Å². The third-order valence-corrected chi connectivity index (χ3v) is 3.41. The number of aliphatic hydroxyl groups excluding tert-OH is 1. The molecule has 0 saturated heterocycles. The van der Waals surface area contributed by atoms with Gasteiger partial charge in [-0.1, -0.05) is 19.6 Å². The van der Waals surface area contributed by atoms with Gasteiger partial charge in [0.1, 0.15) is 6.29 Å². The molecule has 0 fully saturated rings. The fourth-order valence-corrected chi connectivity index (χ4v) is 1.53. The van der Waals surface area contributed by atoms with Crippen LogP contribution in [0.2, 0.25) is 25.7 Å². The molecule has 84 valence electrons. The Bertz CT molecular complexity index is 159. The van der Waals surface area contributed by atoms with Gasteiger partial charge in [0, 0.05) is 27.6 Å². The van der Waals surface area contributed by atoms with E-state index >= 15 is 0 Å². The van der Waals surface area contributed by atoms with Crippen molar-refractivity contribution in [1.82, 2.24) is 5.32 Å². The van der Waals surface area contributed by atoms with Crippen molar-refractivity contribution >= 4 is 14.4 Å². The van der Waals surface area contributed by atoms with Crippen LogP contribution < -0.4 is 5.32 Å². The third kappa shape index (κ3) is 9.85. The molecular formula is C9H21NO3Si. The van der Waals surface area contributed by atoms with Crippen LogP contribution in [0, 0.1) is 0 Å². The lowest BCUT2D eigenvalue weighted by Gasteiger charge is -2.18. The lowest BCUT2D eigenvalue weighted by molar-refractivity contribution is -0.118. The standard InChI is InChI=1S/C9H21NO3Si/c1-14(2,3)8-7-13-9(12)10-5-4-6-11/h6,9-10,12H,4-5,7-8H2,1-3H3. The number of hydrogen-bond donors (Lipinski definition) is 2. The molecule has 14 heavy (non-hydrogen) atoms. The Balaban J connectivity index is 3.35. The first-order chi connectivity index (χ1) is 6.45. The third-order valence-electron chi connectivity index (χ3n) is 1.71. The Labute approximate surface area is 86.7 Å². The van der Waals surface area contributed by atoms with E-state index in [-0.39, 0.29) is 0 Å². The number of carbonyl (C=O) groups excluding carboxylic acids is 1. The summed E-state index contributed by atoms with van der Waals surface area (Å²) in [7, 11) is -1.08. The van der Waals surface area contributed by atoms with Crippen LogP contribution in [0.4, 0.5) is 0 Å². The van der Waals surface area contributed by atoms with Crippen LogP contribution in [-0.2, 0) is 9.53 Å². The Morgan fingerprint density at radius 3 is 2.64 bits per heavy atom. The maximum atomic E-state index is 9.97. The first-order valence-corrected chi connectivity index (χ1v) is 8.63. The fourth-order valence-electron chi connectivity index (χ4n) is 0.801. The molecule has 2 N–H and O–H groups in total. The average molecular weight is 219 g/mol. The number of nitrogens with one attached hydrogen (secondary N) is 1. The Kier molecular flexibility index (Phi) is 6.99. The molecule has 0 radical (unpaired) electrons. The molecule has 0 aromatic heterocycles. The highest BCUT2D eigenvalue weighted by atomic mass is 28.3. The number of carbonyl (C=O) groups is 1. The number of aliphatic hydroxyl groups is 1. The van der Waals surface area contributed by atoms with Crippen LogP contribution in [0.5, 0.6) is 0 Å². The van der Waals surface area contributed by atoms with Crippen molar-refractivity contribution in [3.05, 3.63) is 0 Å². The van der Waals surface area contributed by atoms with Crippen molar-refractivity contribution in [3.8, 4) is 0 Å². The van der Waals surface area contributed by atoms with Gasteiger partial charge in [-0.25, -0.2) is 0 Å². The fraction of sp³-hybridized carbons (Fsp3) is 0.889. The molecule has 0 saturated carbocycles. The second kappa shape index (κ2) is 7.11. The zero-order valence-corrected chi connectivity index (χ0v) is 10.2. The highest BCUT2D eigenvalue weighted by molar-refractivity contribution is 6.76. The van der Waals surface area contributed by atoms with Gasteiger partial charge in [0.25, 0.3) is 0 Å². The second-order valence-electron chi connectivity index (χ2n) is 4.44. The van der Waals surface area contributed by atoms with E-state index in [0.717, 1.165) is 12.3 Å². The highest BCUT2D eigenvalue weighted by Gasteiger charge is 2.13. The van der Waals surface area contributed by atoms with E-state index < -0.39 is 14.5 Å². The molecule has 0 amide bonds. The molecule has 0 aromatic rings. The van der Waals surface area contributed by atoms with Crippen molar-refractivity contribution in [2.45, 2.75) is 38.5 Å². The minimum absolute atomic E-state index is 0.397. The zero-order chi connectivity index (χ0) is 11.0. The highest BCUT2D eigenvalue weighted by Crippen LogP contribution is 2.07. The number of rotatable bonds is 8. The van der Waals surface area contributed by atoms with Gasteiger partial charge < -0.3 is 14.6 Å². The molecule has 0 aliphatic carbocycles. The SMILES string of the molecule is C[Si](C)(C)CCOC(O)NCCC=O. The first kappa shape index (κ1) is 13.8. The molecular weight excluding hydrogens is 198 g/mol. The Morgan fingerprint density at radius 1 is 1.50 bits per heavy atom. The summed E-state index contributed by atoms with van der Waals surface area (Å²) < 4.78 is 5.13. The minimum Gasteiger partial charge on any atom is -0.356 e. The summed E-state index contributed by atoms with van der Waals surface area (Å²) >= 11 is 0. The van der Waals surface area contributed by atoms with Crippen LogP contribution in [0.15, 0.2) is 0 Å². The number of hydrogen-bond acceptors (Lipinski definition) is 4. The molecule has 4 nitrogen and oxygen atoms in total. The second-order valence-corrected chi connectivity index (χ2v) is 10.1.